The summed E-state index contributed by atoms with van der Waals surface area (Å²) in [5.41, 5.74) is 6.75. The van der Waals surface area contributed by atoms with Crippen LogP contribution in [0.3, 0.4) is 0 Å². The van der Waals surface area contributed by atoms with E-state index < -0.39 is 17.7 Å². The van der Waals surface area contributed by atoms with Crippen molar-refractivity contribution in [1.82, 2.24) is 0 Å². The quantitative estimate of drug-likeness (QED) is 0.865. The van der Waals surface area contributed by atoms with Gasteiger partial charge >= 0.3 is 0 Å². The molecule has 1 nitrogen and oxygen atoms in total. The molecule has 0 fully saturated rings. The van der Waals surface area contributed by atoms with Crippen LogP contribution in [0.2, 0.25) is 5.02 Å². The van der Waals surface area contributed by atoms with Crippen LogP contribution in [0.15, 0.2) is 40.9 Å². The summed E-state index contributed by atoms with van der Waals surface area (Å²) in [6.07, 6.45) is 0. The molecule has 0 aliphatic rings. The van der Waals surface area contributed by atoms with Crippen LogP contribution in [0.25, 0.3) is 0 Å². The molecule has 0 aromatic heterocycles. The fraction of sp³-hybridized carbons (Fsp3) is 0.0769. The van der Waals surface area contributed by atoms with Crippen LogP contribution in [0.5, 0.6) is 0 Å². The summed E-state index contributed by atoms with van der Waals surface area (Å²) in [6, 6.07) is 7.73. The summed E-state index contributed by atoms with van der Waals surface area (Å²) in [5, 5.41) is 0.431. The maximum atomic E-state index is 13.6. The van der Waals surface area contributed by atoms with Gasteiger partial charge in [-0.05, 0) is 23.8 Å². The highest BCUT2D eigenvalue weighted by atomic mass is 79.9. The van der Waals surface area contributed by atoms with Crippen molar-refractivity contribution in [1.29, 1.82) is 0 Å². The predicted molar refractivity (Wildman–Crippen MR) is 71.5 cm³/mol. The second-order valence-corrected chi connectivity index (χ2v) is 5.13. The molecule has 0 bridgehead atoms. The van der Waals surface area contributed by atoms with Crippen LogP contribution < -0.4 is 5.73 Å². The number of hydrogen-bond donors (Lipinski definition) is 1. The van der Waals surface area contributed by atoms with E-state index >= 15 is 0 Å². The van der Waals surface area contributed by atoms with Gasteiger partial charge < -0.3 is 5.73 Å². The predicted octanol–water partition coefficient (Wildman–Crippen LogP) is 4.43. The first-order chi connectivity index (χ1) is 8.49. The van der Waals surface area contributed by atoms with Crippen LogP contribution in [0, 0.1) is 11.6 Å². The van der Waals surface area contributed by atoms with Crippen LogP contribution >= 0.6 is 27.5 Å². The van der Waals surface area contributed by atoms with E-state index in [9.17, 15) is 8.78 Å². The van der Waals surface area contributed by atoms with Crippen molar-refractivity contribution in [3.63, 3.8) is 0 Å². The summed E-state index contributed by atoms with van der Waals surface area (Å²) in [6.45, 7) is 0. The molecule has 0 heterocycles. The molecule has 0 saturated heterocycles. The third kappa shape index (κ3) is 2.71. The SMILES string of the molecule is NC(c1ccc(F)cc1F)c1ccc(Br)cc1Cl. The Hall–Kier alpha value is -0.970. The molecular weight excluding hydrogens is 324 g/mol. The van der Waals surface area contributed by atoms with Gasteiger partial charge in [-0.1, -0.05) is 39.7 Å². The van der Waals surface area contributed by atoms with Crippen molar-refractivity contribution < 1.29 is 8.78 Å². The first kappa shape index (κ1) is 13.5. The Morgan fingerprint density at radius 1 is 1.06 bits per heavy atom. The fourth-order valence-electron chi connectivity index (χ4n) is 1.67. The Morgan fingerprint density at radius 3 is 2.33 bits per heavy atom. The molecule has 2 N–H and O–H groups in total. The summed E-state index contributed by atoms with van der Waals surface area (Å²) in [5.74, 6) is -1.31. The van der Waals surface area contributed by atoms with Crippen LogP contribution in [0.1, 0.15) is 17.2 Å². The number of halogens is 4. The molecule has 2 rings (SSSR count). The average molecular weight is 333 g/mol. The van der Waals surface area contributed by atoms with E-state index in [0.717, 1.165) is 10.5 Å². The zero-order chi connectivity index (χ0) is 13.3. The van der Waals surface area contributed by atoms with E-state index in [1.807, 2.05) is 0 Å². The molecule has 5 heteroatoms. The second kappa shape index (κ2) is 5.34. The molecule has 94 valence electrons. The van der Waals surface area contributed by atoms with E-state index in [-0.39, 0.29) is 5.56 Å². The fourth-order valence-corrected chi connectivity index (χ4v) is 2.47. The summed E-state index contributed by atoms with van der Waals surface area (Å²) < 4.78 is 27.3. The molecule has 0 aliphatic heterocycles. The van der Waals surface area contributed by atoms with Gasteiger partial charge in [0.05, 0.1) is 6.04 Å². The number of rotatable bonds is 2. The van der Waals surface area contributed by atoms with Gasteiger partial charge in [0.2, 0.25) is 0 Å². The smallest absolute Gasteiger partial charge is 0.131 e. The molecule has 1 atom stereocenters. The molecule has 18 heavy (non-hydrogen) atoms. The van der Waals surface area contributed by atoms with Gasteiger partial charge in [0.1, 0.15) is 11.6 Å². The lowest BCUT2D eigenvalue weighted by atomic mass is 9.99. The first-order valence-electron chi connectivity index (χ1n) is 5.14. The van der Waals surface area contributed by atoms with Gasteiger partial charge in [0.15, 0.2) is 0 Å². The Balaban J connectivity index is 2.44. The van der Waals surface area contributed by atoms with E-state index in [1.54, 1.807) is 18.2 Å². The van der Waals surface area contributed by atoms with Crippen molar-refractivity contribution in [2.24, 2.45) is 5.73 Å². The third-order valence-electron chi connectivity index (χ3n) is 2.60. The minimum absolute atomic E-state index is 0.209. The lowest BCUT2D eigenvalue weighted by molar-refractivity contribution is 0.566. The maximum absolute atomic E-state index is 13.6. The van der Waals surface area contributed by atoms with E-state index in [1.165, 1.54) is 12.1 Å². The van der Waals surface area contributed by atoms with Crippen molar-refractivity contribution in [2.75, 3.05) is 0 Å². The van der Waals surface area contributed by atoms with E-state index in [0.29, 0.717) is 10.6 Å². The zero-order valence-corrected chi connectivity index (χ0v) is 11.5. The number of nitrogens with two attached hydrogens (primary N) is 1. The highest BCUT2D eigenvalue weighted by Gasteiger charge is 2.16. The Labute approximate surface area is 117 Å². The highest BCUT2D eigenvalue weighted by Crippen LogP contribution is 2.30. The van der Waals surface area contributed by atoms with Gasteiger partial charge in [-0.2, -0.15) is 0 Å². The molecule has 0 radical (unpaired) electrons. The lowest BCUT2D eigenvalue weighted by Gasteiger charge is -2.15. The molecule has 1 unspecified atom stereocenters. The Morgan fingerprint density at radius 2 is 1.72 bits per heavy atom. The number of hydrogen-bond acceptors (Lipinski definition) is 1. The second-order valence-electron chi connectivity index (χ2n) is 3.81. The molecule has 2 aromatic carbocycles. The largest absolute Gasteiger partial charge is 0.320 e. The standard InChI is InChI=1S/C13H9BrClF2N/c14-7-1-3-9(11(15)5-7)13(18)10-4-2-8(16)6-12(10)17/h1-6,13H,18H2. The minimum atomic E-state index is -0.730. The maximum Gasteiger partial charge on any atom is 0.131 e. The third-order valence-corrected chi connectivity index (χ3v) is 3.42. The van der Waals surface area contributed by atoms with Gasteiger partial charge in [-0.15, -0.1) is 0 Å². The Kier molecular flexibility index (Phi) is 4.00. The van der Waals surface area contributed by atoms with Crippen molar-refractivity contribution in [3.05, 3.63) is 68.7 Å². The minimum Gasteiger partial charge on any atom is -0.320 e. The van der Waals surface area contributed by atoms with Crippen molar-refractivity contribution >= 4 is 27.5 Å². The molecular formula is C13H9BrClF2N. The molecule has 0 saturated carbocycles. The van der Waals surface area contributed by atoms with Gasteiger partial charge in [0, 0.05) is 21.1 Å². The van der Waals surface area contributed by atoms with Crippen LogP contribution in [0.4, 0.5) is 8.78 Å². The van der Waals surface area contributed by atoms with Gasteiger partial charge in [0.25, 0.3) is 0 Å². The number of benzene rings is 2. The molecule has 0 aliphatic carbocycles. The monoisotopic (exact) mass is 331 g/mol. The molecule has 0 spiro atoms. The summed E-state index contributed by atoms with van der Waals surface area (Å²) >= 11 is 9.33. The lowest BCUT2D eigenvalue weighted by Crippen LogP contribution is -2.14. The first-order valence-corrected chi connectivity index (χ1v) is 6.31. The molecule has 2 aromatic rings. The zero-order valence-electron chi connectivity index (χ0n) is 9.13. The van der Waals surface area contributed by atoms with E-state index in [4.69, 9.17) is 17.3 Å². The summed E-state index contributed by atoms with van der Waals surface area (Å²) in [4.78, 5) is 0. The van der Waals surface area contributed by atoms with E-state index in [2.05, 4.69) is 15.9 Å². The topological polar surface area (TPSA) is 26.0 Å². The van der Waals surface area contributed by atoms with Crippen LogP contribution in [-0.2, 0) is 0 Å². The molecule has 0 amide bonds. The van der Waals surface area contributed by atoms with Gasteiger partial charge in [-0.3, -0.25) is 0 Å². The van der Waals surface area contributed by atoms with Crippen LogP contribution in [-0.4, -0.2) is 0 Å². The van der Waals surface area contributed by atoms with Gasteiger partial charge in [-0.25, -0.2) is 8.78 Å². The summed E-state index contributed by atoms with van der Waals surface area (Å²) in [7, 11) is 0. The Bertz CT molecular complexity index is 538. The highest BCUT2D eigenvalue weighted by molar-refractivity contribution is 9.10. The normalized spacial score (nSPS) is 12.5. The van der Waals surface area contributed by atoms with Crippen molar-refractivity contribution in [3.8, 4) is 0 Å². The average Bonchev–Trinajstić information content (AvgIpc) is 2.28. The van der Waals surface area contributed by atoms with Crippen molar-refractivity contribution in [2.45, 2.75) is 6.04 Å².